The first-order valence-corrected chi connectivity index (χ1v) is 11.5. The van der Waals surface area contributed by atoms with Crippen LogP contribution in [0.15, 0.2) is 52.1 Å². The SMILES string of the molecule is CCCN1CCN(C(=O)c2cc(Cn3c(=O)[nH]c(=O)c4ccccc43)ccc2F)C[C@@H]1CC. The molecule has 3 aromatic rings. The van der Waals surface area contributed by atoms with Crippen LogP contribution >= 0.6 is 0 Å². The molecule has 1 aliphatic heterocycles. The number of aromatic amines is 1. The summed E-state index contributed by atoms with van der Waals surface area (Å²) in [5, 5.41) is 0.395. The summed E-state index contributed by atoms with van der Waals surface area (Å²) in [6.07, 6.45) is 1.98. The van der Waals surface area contributed by atoms with Gasteiger partial charge in [0.1, 0.15) is 5.82 Å². The van der Waals surface area contributed by atoms with Crippen molar-refractivity contribution >= 4 is 16.8 Å². The van der Waals surface area contributed by atoms with Gasteiger partial charge in [0.05, 0.1) is 23.0 Å². The Labute approximate surface area is 191 Å². The van der Waals surface area contributed by atoms with Gasteiger partial charge in [0.2, 0.25) is 0 Å². The van der Waals surface area contributed by atoms with E-state index in [0.29, 0.717) is 29.6 Å². The van der Waals surface area contributed by atoms with Gasteiger partial charge in [-0.3, -0.25) is 24.0 Å². The van der Waals surface area contributed by atoms with Gasteiger partial charge >= 0.3 is 5.69 Å². The standard InChI is InChI=1S/C25H29FN4O3/c1-3-11-28-12-13-29(16-18(28)4-2)24(32)20-14-17(9-10-21(20)26)15-30-22-8-6-5-7-19(22)23(31)27-25(30)33/h5-10,14,18H,3-4,11-13,15-16H2,1-2H3,(H,27,31,33)/t18-/m0/s1. The average Bonchev–Trinajstić information content (AvgIpc) is 2.82. The fraction of sp³-hybridized carbons (Fsp3) is 0.400. The number of rotatable bonds is 6. The monoisotopic (exact) mass is 452 g/mol. The van der Waals surface area contributed by atoms with Crippen molar-refractivity contribution in [1.29, 1.82) is 0 Å². The van der Waals surface area contributed by atoms with E-state index < -0.39 is 17.1 Å². The highest BCUT2D eigenvalue weighted by Gasteiger charge is 2.29. The van der Waals surface area contributed by atoms with Crippen LogP contribution in [0.4, 0.5) is 4.39 Å². The number of H-pyrrole nitrogens is 1. The lowest BCUT2D eigenvalue weighted by molar-refractivity contribution is 0.0471. The Morgan fingerprint density at radius 3 is 2.67 bits per heavy atom. The Bertz CT molecular complexity index is 1280. The van der Waals surface area contributed by atoms with Crippen LogP contribution in [0.1, 0.15) is 42.6 Å². The Balaban J connectivity index is 1.62. The zero-order chi connectivity index (χ0) is 23.5. The smallest absolute Gasteiger partial charge is 0.329 e. The molecular formula is C25H29FN4O3. The van der Waals surface area contributed by atoms with Gasteiger partial charge in [-0.25, -0.2) is 9.18 Å². The number of fused-ring (bicyclic) bond motifs is 1. The molecule has 1 amide bonds. The van der Waals surface area contributed by atoms with Gasteiger partial charge in [-0.15, -0.1) is 0 Å². The number of amides is 1. The van der Waals surface area contributed by atoms with Crippen LogP contribution in [0.25, 0.3) is 10.9 Å². The molecule has 0 radical (unpaired) electrons. The Morgan fingerprint density at radius 2 is 1.91 bits per heavy atom. The lowest BCUT2D eigenvalue weighted by Crippen LogP contribution is -2.54. The molecule has 1 saturated heterocycles. The summed E-state index contributed by atoms with van der Waals surface area (Å²) in [6, 6.07) is 11.4. The molecule has 33 heavy (non-hydrogen) atoms. The molecule has 1 fully saturated rings. The molecular weight excluding hydrogens is 423 g/mol. The van der Waals surface area contributed by atoms with Crippen molar-refractivity contribution in [2.45, 2.75) is 39.3 Å². The van der Waals surface area contributed by atoms with Crippen LogP contribution < -0.4 is 11.2 Å². The van der Waals surface area contributed by atoms with Crippen LogP contribution in [-0.2, 0) is 6.54 Å². The number of hydrogen-bond donors (Lipinski definition) is 1. The van der Waals surface area contributed by atoms with E-state index in [1.807, 2.05) is 0 Å². The highest BCUT2D eigenvalue weighted by molar-refractivity contribution is 5.94. The molecule has 174 valence electrons. The third kappa shape index (κ3) is 4.61. The average molecular weight is 453 g/mol. The first-order valence-electron chi connectivity index (χ1n) is 11.5. The van der Waals surface area contributed by atoms with Crippen molar-refractivity contribution in [2.75, 3.05) is 26.2 Å². The van der Waals surface area contributed by atoms with Crippen LogP contribution in [0.2, 0.25) is 0 Å². The van der Waals surface area contributed by atoms with Crippen molar-refractivity contribution in [3.63, 3.8) is 0 Å². The van der Waals surface area contributed by atoms with Gasteiger partial charge in [-0.1, -0.05) is 32.0 Å². The molecule has 0 unspecified atom stereocenters. The third-order valence-electron chi connectivity index (χ3n) is 6.38. The number of nitrogens with zero attached hydrogens (tertiary/aromatic N) is 3. The Hall–Kier alpha value is -3.26. The highest BCUT2D eigenvalue weighted by Crippen LogP contribution is 2.19. The summed E-state index contributed by atoms with van der Waals surface area (Å²) < 4.78 is 16.1. The predicted octanol–water partition coefficient (Wildman–Crippen LogP) is 2.82. The van der Waals surface area contributed by atoms with E-state index in [9.17, 15) is 18.8 Å². The quantitative estimate of drug-likeness (QED) is 0.624. The van der Waals surface area contributed by atoms with E-state index >= 15 is 0 Å². The number of carbonyl (C=O) groups excluding carboxylic acids is 1. The fourth-order valence-corrected chi connectivity index (χ4v) is 4.63. The molecule has 4 rings (SSSR count). The number of piperazine rings is 1. The van der Waals surface area contributed by atoms with Crippen LogP contribution in [-0.4, -0.2) is 57.5 Å². The van der Waals surface area contributed by atoms with E-state index in [1.165, 1.54) is 16.7 Å². The number of carbonyl (C=O) groups is 1. The minimum absolute atomic E-state index is 0.00748. The maximum Gasteiger partial charge on any atom is 0.329 e. The molecule has 0 bridgehead atoms. The maximum atomic E-state index is 14.7. The minimum atomic E-state index is -0.577. The summed E-state index contributed by atoms with van der Waals surface area (Å²) in [6.45, 7) is 7.26. The molecule has 1 aliphatic rings. The van der Waals surface area contributed by atoms with Crippen molar-refractivity contribution in [3.05, 3.63) is 80.2 Å². The second-order valence-electron chi connectivity index (χ2n) is 8.53. The third-order valence-corrected chi connectivity index (χ3v) is 6.38. The van der Waals surface area contributed by atoms with Gasteiger partial charge in [0, 0.05) is 25.7 Å². The number of hydrogen-bond acceptors (Lipinski definition) is 4. The first-order chi connectivity index (χ1) is 15.9. The predicted molar refractivity (Wildman–Crippen MR) is 126 cm³/mol. The topological polar surface area (TPSA) is 78.4 Å². The van der Waals surface area contributed by atoms with E-state index in [0.717, 1.165) is 25.9 Å². The fourth-order valence-electron chi connectivity index (χ4n) is 4.63. The summed E-state index contributed by atoms with van der Waals surface area (Å²) in [4.78, 5) is 44.3. The van der Waals surface area contributed by atoms with Crippen molar-refractivity contribution < 1.29 is 9.18 Å². The normalized spacial score (nSPS) is 16.9. The maximum absolute atomic E-state index is 14.7. The van der Waals surface area contributed by atoms with E-state index in [2.05, 4.69) is 23.7 Å². The number of halogens is 1. The van der Waals surface area contributed by atoms with Crippen molar-refractivity contribution in [1.82, 2.24) is 19.4 Å². The zero-order valence-electron chi connectivity index (χ0n) is 19.0. The van der Waals surface area contributed by atoms with Crippen molar-refractivity contribution in [3.8, 4) is 0 Å². The highest BCUT2D eigenvalue weighted by atomic mass is 19.1. The summed E-state index contributed by atoms with van der Waals surface area (Å²) >= 11 is 0. The van der Waals surface area contributed by atoms with E-state index in [-0.39, 0.29) is 24.1 Å². The molecule has 0 saturated carbocycles. The van der Waals surface area contributed by atoms with Crippen molar-refractivity contribution in [2.24, 2.45) is 0 Å². The van der Waals surface area contributed by atoms with Crippen LogP contribution in [0.5, 0.6) is 0 Å². The Kier molecular flexibility index (Phi) is 6.74. The number of nitrogens with one attached hydrogen (secondary N) is 1. The molecule has 2 heterocycles. The molecule has 0 aliphatic carbocycles. The van der Waals surface area contributed by atoms with Gasteiger partial charge in [0.25, 0.3) is 11.5 Å². The van der Waals surface area contributed by atoms with E-state index in [4.69, 9.17) is 0 Å². The van der Waals surface area contributed by atoms with Gasteiger partial charge < -0.3 is 4.90 Å². The Morgan fingerprint density at radius 1 is 1.12 bits per heavy atom. The molecule has 0 spiro atoms. The molecule has 1 atom stereocenters. The lowest BCUT2D eigenvalue weighted by atomic mass is 10.1. The summed E-state index contributed by atoms with van der Waals surface area (Å²) in [5.41, 5.74) is 0.105. The van der Waals surface area contributed by atoms with Gasteiger partial charge in [-0.2, -0.15) is 0 Å². The lowest BCUT2D eigenvalue weighted by Gasteiger charge is -2.41. The first kappa shape index (κ1) is 22.9. The second-order valence-corrected chi connectivity index (χ2v) is 8.53. The minimum Gasteiger partial charge on any atom is -0.336 e. The van der Waals surface area contributed by atoms with Crippen LogP contribution in [0, 0.1) is 5.82 Å². The van der Waals surface area contributed by atoms with Gasteiger partial charge in [0.15, 0.2) is 0 Å². The van der Waals surface area contributed by atoms with Crippen LogP contribution in [0.3, 0.4) is 0 Å². The summed E-state index contributed by atoms with van der Waals surface area (Å²) in [5.74, 6) is -0.908. The van der Waals surface area contributed by atoms with E-state index in [1.54, 1.807) is 35.2 Å². The largest absolute Gasteiger partial charge is 0.336 e. The second kappa shape index (κ2) is 9.70. The van der Waals surface area contributed by atoms with Gasteiger partial charge in [-0.05, 0) is 49.2 Å². The molecule has 1 N–H and O–H groups in total. The molecule has 7 nitrogen and oxygen atoms in total. The number of para-hydroxylation sites is 1. The molecule has 2 aromatic carbocycles. The molecule has 8 heteroatoms. The number of benzene rings is 2. The summed E-state index contributed by atoms with van der Waals surface area (Å²) in [7, 11) is 0. The zero-order valence-corrected chi connectivity index (χ0v) is 19.0. The number of aromatic nitrogens is 2. The molecule has 1 aromatic heterocycles.